The van der Waals surface area contributed by atoms with E-state index in [1.54, 1.807) is 14.2 Å². The highest BCUT2D eigenvalue weighted by molar-refractivity contribution is 14.0. The van der Waals surface area contributed by atoms with Gasteiger partial charge in [0, 0.05) is 31.3 Å². The third kappa shape index (κ3) is 8.62. The molecule has 6 nitrogen and oxygen atoms in total. The fraction of sp³-hybridized carbons (Fsp3) is 0.611. The fourth-order valence-corrected chi connectivity index (χ4v) is 2.36. The van der Waals surface area contributed by atoms with Gasteiger partial charge >= 0.3 is 0 Å². The van der Waals surface area contributed by atoms with E-state index in [1.807, 2.05) is 18.2 Å². The summed E-state index contributed by atoms with van der Waals surface area (Å²) in [6.45, 7) is 11.8. The number of ether oxygens (including phenoxy) is 2. The predicted molar refractivity (Wildman–Crippen MR) is 116 cm³/mol. The number of rotatable bonds is 10. The molecule has 0 fully saturated rings. The van der Waals surface area contributed by atoms with Crippen molar-refractivity contribution in [1.82, 2.24) is 15.5 Å². The Kier molecular flexibility index (Phi) is 13.3. The van der Waals surface area contributed by atoms with E-state index in [9.17, 15) is 0 Å². The van der Waals surface area contributed by atoms with E-state index < -0.39 is 0 Å². The molecule has 0 heterocycles. The second-order valence-corrected chi connectivity index (χ2v) is 5.33. The molecule has 144 valence electrons. The predicted octanol–water partition coefficient (Wildman–Crippen LogP) is 2.72. The molecule has 0 spiro atoms. The Hall–Kier alpha value is -1.22. The van der Waals surface area contributed by atoms with Crippen LogP contribution in [-0.4, -0.2) is 57.8 Å². The topological polar surface area (TPSA) is 58.1 Å². The first kappa shape index (κ1) is 23.8. The summed E-state index contributed by atoms with van der Waals surface area (Å²) in [7, 11) is 3.31. The zero-order chi connectivity index (χ0) is 17.8. The molecule has 0 aromatic heterocycles. The number of nitrogens with zero attached hydrogens (tertiary/aromatic N) is 2. The summed E-state index contributed by atoms with van der Waals surface area (Å²) in [6.07, 6.45) is 0. The zero-order valence-electron chi connectivity index (χ0n) is 16.1. The molecule has 0 saturated heterocycles. The van der Waals surface area contributed by atoms with Crippen molar-refractivity contribution in [2.45, 2.75) is 27.3 Å². The summed E-state index contributed by atoms with van der Waals surface area (Å²) in [4.78, 5) is 7.03. The lowest BCUT2D eigenvalue weighted by atomic mass is 10.2. The lowest BCUT2D eigenvalue weighted by molar-refractivity contribution is 0.308. The molecule has 7 heteroatoms. The van der Waals surface area contributed by atoms with Crippen LogP contribution in [0.15, 0.2) is 23.2 Å². The van der Waals surface area contributed by atoms with Crippen LogP contribution in [0.25, 0.3) is 0 Å². The van der Waals surface area contributed by atoms with E-state index in [4.69, 9.17) is 9.47 Å². The number of aliphatic imine (C=N–C) groups is 1. The van der Waals surface area contributed by atoms with Crippen LogP contribution < -0.4 is 20.1 Å². The summed E-state index contributed by atoms with van der Waals surface area (Å²) >= 11 is 0. The fourth-order valence-electron chi connectivity index (χ4n) is 2.36. The van der Waals surface area contributed by atoms with Crippen LogP contribution in [0.1, 0.15) is 26.3 Å². The molecule has 0 atom stereocenters. The third-order valence-corrected chi connectivity index (χ3v) is 3.86. The van der Waals surface area contributed by atoms with Crippen molar-refractivity contribution in [2.24, 2.45) is 4.99 Å². The van der Waals surface area contributed by atoms with Crippen molar-refractivity contribution in [2.75, 3.05) is 46.9 Å². The second-order valence-electron chi connectivity index (χ2n) is 5.33. The molecule has 0 unspecified atom stereocenters. The number of nitrogens with one attached hydrogen (secondary N) is 2. The number of likely N-dealkylation sites (N-methyl/N-ethyl adjacent to an activating group) is 1. The Morgan fingerprint density at radius 2 is 1.80 bits per heavy atom. The highest BCUT2D eigenvalue weighted by Gasteiger charge is 2.06. The number of halogens is 1. The number of guanidine groups is 1. The van der Waals surface area contributed by atoms with Crippen LogP contribution in [0.3, 0.4) is 0 Å². The first-order valence-electron chi connectivity index (χ1n) is 8.63. The number of hydrogen-bond donors (Lipinski definition) is 2. The quantitative estimate of drug-likeness (QED) is 0.317. The molecular formula is C18H33IN4O2. The van der Waals surface area contributed by atoms with Crippen molar-refractivity contribution in [1.29, 1.82) is 0 Å². The zero-order valence-corrected chi connectivity index (χ0v) is 18.4. The van der Waals surface area contributed by atoms with E-state index >= 15 is 0 Å². The van der Waals surface area contributed by atoms with E-state index in [-0.39, 0.29) is 24.0 Å². The maximum absolute atomic E-state index is 5.43. The molecule has 1 aromatic carbocycles. The summed E-state index contributed by atoms with van der Waals surface area (Å²) in [6, 6.07) is 5.79. The SMILES string of the molecule is CCNC(=NCc1ccc(OC)cc1OC)NCCN(CC)CC.I. The molecule has 0 amide bonds. The minimum Gasteiger partial charge on any atom is -0.497 e. The standard InChI is InChI=1S/C18H32N4O2.HI/c1-6-19-18(20-11-12-22(7-2)8-3)21-14-15-9-10-16(23-4)13-17(15)24-5;/h9-10,13H,6-8,11-12,14H2,1-5H3,(H2,19,20,21);1H. The van der Waals surface area contributed by atoms with E-state index in [0.717, 1.165) is 55.7 Å². The van der Waals surface area contributed by atoms with Crippen LogP contribution >= 0.6 is 24.0 Å². The molecule has 2 N–H and O–H groups in total. The van der Waals surface area contributed by atoms with Crippen LogP contribution in [0.4, 0.5) is 0 Å². The van der Waals surface area contributed by atoms with Gasteiger partial charge in [-0.05, 0) is 32.1 Å². The number of benzene rings is 1. The molecule has 0 aliphatic rings. The molecule has 0 radical (unpaired) electrons. The average Bonchev–Trinajstić information content (AvgIpc) is 2.63. The monoisotopic (exact) mass is 464 g/mol. The molecular weight excluding hydrogens is 431 g/mol. The van der Waals surface area contributed by atoms with Crippen LogP contribution in [0.5, 0.6) is 11.5 Å². The number of methoxy groups -OCH3 is 2. The van der Waals surface area contributed by atoms with Crippen molar-refractivity contribution >= 4 is 29.9 Å². The summed E-state index contributed by atoms with van der Waals surface area (Å²) in [5.74, 6) is 2.39. The van der Waals surface area contributed by atoms with Crippen LogP contribution in [-0.2, 0) is 6.54 Å². The van der Waals surface area contributed by atoms with Gasteiger partial charge < -0.3 is 25.0 Å². The average molecular weight is 464 g/mol. The van der Waals surface area contributed by atoms with Gasteiger partial charge in [0.15, 0.2) is 5.96 Å². The Morgan fingerprint density at radius 1 is 1.08 bits per heavy atom. The first-order valence-corrected chi connectivity index (χ1v) is 8.63. The molecule has 0 aliphatic carbocycles. The van der Waals surface area contributed by atoms with Gasteiger partial charge in [-0.2, -0.15) is 0 Å². The van der Waals surface area contributed by atoms with Gasteiger partial charge in [-0.3, -0.25) is 0 Å². The van der Waals surface area contributed by atoms with Gasteiger partial charge in [-0.1, -0.05) is 13.8 Å². The Bertz CT molecular complexity index is 508. The van der Waals surface area contributed by atoms with Crippen LogP contribution in [0.2, 0.25) is 0 Å². The van der Waals surface area contributed by atoms with Gasteiger partial charge in [0.1, 0.15) is 11.5 Å². The minimum atomic E-state index is 0. The highest BCUT2D eigenvalue weighted by atomic mass is 127. The maximum Gasteiger partial charge on any atom is 0.191 e. The Balaban J connectivity index is 0.00000576. The van der Waals surface area contributed by atoms with Gasteiger partial charge in [0.25, 0.3) is 0 Å². The number of hydrogen-bond acceptors (Lipinski definition) is 4. The lowest BCUT2D eigenvalue weighted by Crippen LogP contribution is -2.41. The lowest BCUT2D eigenvalue weighted by Gasteiger charge is -2.19. The van der Waals surface area contributed by atoms with E-state index in [2.05, 4.69) is 41.3 Å². The summed E-state index contributed by atoms with van der Waals surface area (Å²) in [5.41, 5.74) is 1.03. The van der Waals surface area contributed by atoms with Crippen LogP contribution in [0, 0.1) is 0 Å². The molecule has 0 saturated carbocycles. The first-order chi connectivity index (χ1) is 11.7. The molecule has 0 aliphatic heterocycles. The molecule has 25 heavy (non-hydrogen) atoms. The smallest absolute Gasteiger partial charge is 0.191 e. The van der Waals surface area contributed by atoms with Gasteiger partial charge in [0.05, 0.1) is 20.8 Å². The van der Waals surface area contributed by atoms with Crippen molar-refractivity contribution in [3.8, 4) is 11.5 Å². The van der Waals surface area contributed by atoms with E-state index in [0.29, 0.717) is 6.54 Å². The Morgan fingerprint density at radius 3 is 2.36 bits per heavy atom. The second kappa shape index (κ2) is 14.0. The molecule has 1 aromatic rings. The molecule has 0 bridgehead atoms. The van der Waals surface area contributed by atoms with Gasteiger partial charge in [-0.25, -0.2) is 4.99 Å². The van der Waals surface area contributed by atoms with Crippen molar-refractivity contribution < 1.29 is 9.47 Å². The Labute approximate surface area is 169 Å². The van der Waals surface area contributed by atoms with Crippen molar-refractivity contribution in [3.63, 3.8) is 0 Å². The maximum atomic E-state index is 5.43. The largest absolute Gasteiger partial charge is 0.497 e. The van der Waals surface area contributed by atoms with Crippen molar-refractivity contribution in [3.05, 3.63) is 23.8 Å². The van der Waals surface area contributed by atoms with E-state index in [1.165, 1.54) is 0 Å². The normalized spacial score (nSPS) is 11.0. The van der Waals surface area contributed by atoms with Gasteiger partial charge in [-0.15, -0.1) is 24.0 Å². The third-order valence-electron chi connectivity index (χ3n) is 3.86. The van der Waals surface area contributed by atoms with Gasteiger partial charge in [0.2, 0.25) is 0 Å². The molecule has 1 rings (SSSR count). The summed E-state index contributed by atoms with van der Waals surface area (Å²) in [5, 5.41) is 6.66. The summed E-state index contributed by atoms with van der Waals surface area (Å²) < 4.78 is 10.7. The minimum absolute atomic E-state index is 0. The highest BCUT2D eigenvalue weighted by Crippen LogP contribution is 2.25.